The lowest BCUT2D eigenvalue weighted by atomic mass is 9.97. The fourth-order valence-electron chi connectivity index (χ4n) is 2.96. The molecule has 0 amide bonds. The SMILES string of the molecule is CC(=O)c1ccc2nnc(C(C)c3c(F)cc4ncccc4c3F)n2n1. The van der Waals surface area contributed by atoms with Crippen molar-refractivity contribution in [3.8, 4) is 0 Å². The average Bonchev–Trinajstić information content (AvgIpc) is 3.04. The van der Waals surface area contributed by atoms with Gasteiger partial charge in [-0.15, -0.1) is 10.2 Å². The van der Waals surface area contributed by atoms with E-state index >= 15 is 0 Å². The number of aromatic nitrogens is 5. The van der Waals surface area contributed by atoms with Crippen LogP contribution in [0.15, 0.2) is 36.5 Å². The number of pyridine rings is 1. The van der Waals surface area contributed by atoms with Crippen LogP contribution in [0.4, 0.5) is 8.78 Å². The van der Waals surface area contributed by atoms with Crippen LogP contribution in [0.2, 0.25) is 0 Å². The minimum Gasteiger partial charge on any atom is -0.293 e. The van der Waals surface area contributed by atoms with Gasteiger partial charge in [0, 0.05) is 36.1 Å². The van der Waals surface area contributed by atoms with Crippen molar-refractivity contribution in [2.45, 2.75) is 19.8 Å². The Morgan fingerprint density at radius 3 is 2.77 bits per heavy atom. The molecule has 3 aromatic heterocycles. The first kappa shape index (κ1) is 16.2. The van der Waals surface area contributed by atoms with Gasteiger partial charge in [-0.3, -0.25) is 9.78 Å². The highest BCUT2D eigenvalue weighted by Crippen LogP contribution is 2.31. The summed E-state index contributed by atoms with van der Waals surface area (Å²) in [5.74, 6) is -2.18. The lowest BCUT2D eigenvalue weighted by Crippen LogP contribution is -2.11. The third kappa shape index (κ3) is 2.42. The van der Waals surface area contributed by atoms with Gasteiger partial charge in [0.15, 0.2) is 17.3 Å². The Bertz CT molecular complexity index is 1170. The maximum absolute atomic E-state index is 15.0. The van der Waals surface area contributed by atoms with Crippen LogP contribution in [0.3, 0.4) is 0 Å². The first-order valence-electron chi connectivity index (χ1n) is 7.93. The fourth-order valence-corrected chi connectivity index (χ4v) is 2.96. The Balaban J connectivity index is 1.92. The van der Waals surface area contributed by atoms with Gasteiger partial charge in [0.2, 0.25) is 0 Å². The fraction of sp³-hybridized carbons (Fsp3) is 0.167. The zero-order chi connectivity index (χ0) is 18.4. The lowest BCUT2D eigenvalue weighted by molar-refractivity contribution is 0.101. The van der Waals surface area contributed by atoms with Crippen LogP contribution in [-0.4, -0.2) is 30.6 Å². The standard InChI is InChI=1S/C18H13F2N5O/c1-9(16-12(19)8-14-11(17(16)20)4-3-7-21-14)18-23-22-15-6-5-13(10(2)26)24-25(15)18/h3-9H,1-2H3. The normalized spacial score (nSPS) is 12.6. The Kier molecular flexibility index (Phi) is 3.68. The maximum Gasteiger partial charge on any atom is 0.179 e. The van der Waals surface area contributed by atoms with Crippen LogP contribution in [0.1, 0.15) is 41.6 Å². The molecule has 0 N–H and O–H groups in total. The van der Waals surface area contributed by atoms with Crippen LogP contribution in [-0.2, 0) is 0 Å². The smallest absolute Gasteiger partial charge is 0.179 e. The predicted octanol–water partition coefficient (Wildman–Crippen LogP) is 3.31. The summed E-state index contributed by atoms with van der Waals surface area (Å²) in [7, 11) is 0. The molecule has 1 aromatic carbocycles. The Labute approximate surface area is 146 Å². The summed E-state index contributed by atoms with van der Waals surface area (Å²) < 4.78 is 30.9. The Morgan fingerprint density at radius 2 is 2.00 bits per heavy atom. The van der Waals surface area contributed by atoms with E-state index in [9.17, 15) is 13.6 Å². The predicted molar refractivity (Wildman–Crippen MR) is 90.0 cm³/mol. The Hall–Kier alpha value is -3.29. The van der Waals surface area contributed by atoms with E-state index in [0.29, 0.717) is 5.65 Å². The van der Waals surface area contributed by atoms with Gasteiger partial charge in [-0.25, -0.2) is 8.78 Å². The van der Waals surface area contributed by atoms with Crippen molar-refractivity contribution in [2.75, 3.05) is 0 Å². The number of hydrogen-bond donors (Lipinski definition) is 0. The van der Waals surface area contributed by atoms with E-state index in [4.69, 9.17) is 0 Å². The van der Waals surface area contributed by atoms with Crippen LogP contribution < -0.4 is 0 Å². The van der Waals surface area contributed by atoms with Crippen molar-refractivity contribution in [1.82, 2.24) is 24.8 Å². The zero-order valence-electron chi connectivity index (χ0n) is 13.9. The van der Waals surface area contributed by atoms with E-state index in [2.05, 4.69) is 20.3 Å². The summed E-state index contributed by atoms with van der Waals surface area (Å²) >= 11 is 0. The maximum atomic E-state index is 15.0. The molecule has 0 bridgehead atoms. The molecule has 0 saturated heterocycles. The number of halogens is 2. The molecule has 0 aliphatic heterocycles. The molecule has 1 unspecified atom stereocenters. The summed E-state index contributed by atoms with van der Waals surface area (Å²) in [5.41, 5.74) is 0.700. The van der Waals surface area contributed by atoms with Gasteiger partial charge in [-0.2, -0.15) is 9.61 Å². The first-order chi connectivity index (χ1) is 12.5. The monoisotopic (exact) mass is 353 g/mol. The quantitative estimate of drug-likeness (QED) is 0.528. The number of nitrogens with zero attached hydrogens (tertiary/aromatic N) is 5. The van der Waals surface area contributed by atoms with E-state index in [1.807, 2.05) is 0 Å². The van der Waals surface area contributed by atoms with Gasteiger partial charge in [0.05, 0.1) is 5.52 Å². The summed E-state index contributed by atoms with van der Waals surface area (Å²) in [5, 5.41) is 12.4. The minimum atomic E-state index is -0.774. The molecule has 26 heavy (non-hydrogen) atoms. The number of rotatable bonds is 3. The minimum absolute atomic E-state index is 0.144. The summed E-state index contributed by atoms with van der Waals surface area (Å²) in [6, 6.07) is 7.45. The van der Waals surface area contributed by atoms with Gasteiger partial charge in [-0.05, 0) is 24.3 Å². The molecule has 0 spiro atoms. The van der Waals surface area contributed by atoms with Crippen LogP contribution in [0, 0.1) is 11.6 Å². The molecule has 0 fully saturated rings. The molecule has 0 radical (unpaired) electrons. The molecule has 0 aliphatic rings. The molecule has 1 atom stereocenters. The molecule has 0 saturated carbocycles. The first-order valence-corrected chi connectivity index (χ1v) is 7.93. The third-order valence-corrected chi connectivity index (χ3v) is 4.30. The molecular formula is C18H13F2N5O. The Morgan fingerprint density at radius 1 is 1.19 bits per heavy atom. The number of ketones is 1. The second-order valence-corrected chi connectivity index (χ2v) is 5.98. The van der Waals surface area contributed by atoms with Gasteiger partial charge in [-0.1, -0.05) is 6.92 Å². The van der Waals surface area contributed by atoms with Crippen LogP contribution in [0.5, 0.6) is 0 Å². The molecular weight excluding hydrogens is 340 g/mol. The molecule has 4 rings (SSSR count). The number of carbonyl (C=O) groups excluding carboxylic acids is 1. The van der Waals surface area contributed by atoms with Gasteiger partial charge >= 0.3 is 0 Å². The van der Waals surface area contributed by atoms with Gasteiger partial charge in [0.1, 0.15) is 17.3 Å². The average molecular weight is 353 g/mol. The summed E-state index contributed by atoms with van der Waals surface area (Å²) in [4.78, 5) is 15.6. The lowest BCUT2D eigenvalue weighted by Gasteiger charge is -2.14. The molecule has 8 heteroatoms. The largest absolute Gasteiger partial charge is 0.293 e. The second-order valence-electron chi connectivity index (χ2n) is 5.98. The van der Waals surface area contributed by atoms with Crippen molar-refractivity contribution >= 4 is 22.3 Å². The van der Waals surface area contributed by atoms with E-state index in [1.165, 1.54) is 29.8 Å². The molecule has 6 nitrogen and oxygen atoms in total. The molecule has 4 aromatic rings. The number of fused-ring (bicyclic) bond motifs is 2. The van der Waals surface area contributed by atoms with Gasteiger partial charge < -0.3 is 0 Å². The number of benzene rings is 1. The van der Waals surface area contributed by atoms with E-state index in [1.54, 1.807) is 25.1 Å². The molecule has 130 valence electrons. The molecule has 0 aliphatic carbocycles. The van der Waals surface area contributed by atoms with E-state index in [0.717, 1.165) is 0 Å². The zero-order valence-corrected chi connectivity index (χ0v) is 13.9. The highest BCUT2D eigenvalue weighted by Gasteiger charge is 2.25. The van der Waals surface area contributed by atoms with Crippen molar-refractivity contribution in [3.63, 3.8) is 0 Å². The van der Waals surface area contributed by atoms with Crippen molar-refractivity contribution < 1.29 is 13.6 Å². The van der Waals surface area contributed by atoms with Crippen molar-refractivity contribution in [1.29, 1.82) is 0 Å². The highest BCUT2D eigenvalue weighted by molar-refractivity contribution is 5.92. The third-order valence-electron chi connectivity index (χ3n) is 4.30. The van der Waals surface area contributed by atoms with Gasteiger partial charge in [0.25, 0.3) is 0 Å². The van der Waals surface area contributed by atoms with Crippen molar-refractivity contribution in [2.24, 2.45) is 0 Å². The number of hydrogen-bond acceptors (Lipinski definition) is 5. The van der Waals surface area contributed by atoms with Crippen LogP contribution >= 0.6 is 0 Å². The number of carbonyl (C=O) groups is 1. The summed E-state index contributed by atoms with van der Waals surface area (Å²) in [6.45, 7) is 3.00. The van der Waals surface area contributed by atoms with E-state index < -0.39 is 17.6 Å². The molecule has 3 heterocycles. The van der Waals surface area contributed by atoms with Crippen molar-refractivity contribution in [3.05, 3.63) is 65.2 Å². The van der Waals surface area contributed by atoms with E-state index in [-0.39, 0.29) is 33.8 Å². The topological polar surface area (TPSA) is 73.0 Å². The summed E-state index contributed by atoms with van der Waals surface area (Å²) in [6.07, 6.45) is 1.48. The second kappa shape index (κ2) is 5.91. The number of Topliss-reactive ketones (excluding diaryl/α,β-unsaturated/α-hetero) is 1. The van der Waals surface area contributed by atoms with Crippen LogP contribution in [0.25, 0.3) is 16.6 Å². The highest BCUT2D eigenvalue weighted by atomic mass is 19.1.